The van der Waals surface area contributed by atoms with E-state index in [1.807, 2.05) is 0 Å². The Morgan fingerprint density at radius 1 is 1.41 bits per heavy atom. The van der Waals surface area contributed by atoms with Crippen molar-refractivity contribution in [1.82, 2.24) is 10.3 Å². The quantitative estimate of drug-likeness (QED) is 0.875. The van der Waals surface area contributed by atoms with E-state index in [9.17, 15) is 22.8 Å². The van der Waals surface area contributed by atoms with E-state index in [1.54, 1.807) is 0 Å². The van der Waals surface area contributed by atoms with Gasteiger partial charge in [0.15, 0.2) is 5.01 Å². The van der Waals surface area contributed by atoms with Crippen molar-refractivity contribution in [3.63, 3.8) is 0 Å². The van der Waals surface area contributed by atoms with E-state index in [-0.39, 0.29) is 38.2 Å². The highest BCUT2D eigenvalue weighted by Gasteiger charge is 2.39. The van der Waals surface area contributed by atoms with Crippen LogP contribution in [0.15, 0.2) is 5.38 Å². The molecular formula is C12H13F3N2O4S. The van der Waals surface area contributed by atoms with Gasteiger partial charge in [0.25, 0.3) is 5.91 Å². The molecule has 0 atom stereocenters. The molecule has 2 rings (SSSR count). The molecule has 1 amide bonds. The molecule has 1 aromatic heterocycles. The molecule has 6 nitrogen and oxygen atoms in total. The van der Waals surface area contributed by atoms with Crippen LogP contribution in [0, 0.1) is 0 Å². The van der Waals surface area contributed by atoms with E-state index in [2.05, 4.69) is 10.3 Å². The van der Waals surface area contributed by atoms with Crippen molar-refractivity contribution >= 4 is 23.2 Å². The molecule has 0 spiro atoms. The number of halogens is 3. The van der Waals surface area contributed by atoms with Gasteiger partial charge in [-0.2, -0.15) is 13.2 Å². The molecule has 22 heavy (non-hydrogen) atoms. The van der Waals surface area contributed by atoms with Crippen LogP contribution in [0.1, 0.15) is 34.8 Å². The normalized spacial score (nSPS) is 18.0. The van der Waals surface area contributed by atoms with Crippen molar-refractivity contribution in [3.05, 3.63) is 16.1 Å². The number of thiazole rings is 1. The monoisotopic (exact) mass is 338 g/mol. The number of carbonyl (C=O) groups is 2. The highest BCUT2D eigenvalue weighted by molar-refractivity contribution is 7.09. The molecule has 1 saturated heterocycles. The third kappa shape index (κ3) is 3.95. The Balaban J connectivity index is 2.14. The molecule has 0 unspecified atom stereocenters. The first-order valence-corrected chi connectivity index (χ1v) is 7.25. The van der Waals surface area contributed by atoms with Gasteiger partial charge >= 0.3 is 12.1 Å². The number of hydrogen-bond acceptors (Lipinski definition) is 5. The molecule has 1 aromatic rings. The summed E-state index contributed by atoms with van der Waals surface area (Å²) in [6.07, 6.45) is -4.37. The molecule has 2 N–H and O–H groups in total. The van der Waals surface area contributed by atoms with Gasteiger partial charge in [-0.05, 0) is 12.8 Å². The molecule has 10 heteroatoms. The Labute approximate surface area is 127 Å². The summed E-state index contributed by atoms with van der Waals surface area (Å²) in [5, 5.41) is 11.4. The molecule has 122 valence electrons. The number of carboxylic acid groups (broad SMARTS) is 1. The first-order chi connectivity index (χ1) is 10.2. The standard InChI is InChI=1S/C12H13F3N2O4S/c13-12(14,15)10-16-7(6-22-10)9(20)17-11(5-8(18)19)1-3-21-4-2-11/h6H,1-5H2,(H,17,20)(H,18,19). The molecule has 0 saturated carbocycles. The van der Waals surface area contributed by atoms with Crippen molar-refractivity contribution in [2.24, 2.45) is 0 Å². The third-order valence-corrected chi connectivity index (χ3v) is 4.18. The van der Waals surface area contributed by atoms with Crippen LogP contribution in [0.5, 0.6) is 0 Å². The summed E-state index contributed by atoms with van der Waals surface area (Å²) < 4.78 is 42.6. The fourth-order valence-corrected chi connectivity index (χ4v) is 2.88. The Bertz CT molecular complexity index is 567. The minimum atomic E-state index is -4.61. The summed E-state index contributed by atoms with van der Waals surface area (Å²) >= 11 is 0.322. The fraction of sp³-hybridized carbons (Fsp3) is 0.583. The van der Waals surface area contributed by atoms with Crippen molar-refractivity contribution in [1.29, 1.82) is 0 Å². The Hall–Kier alpha value is -1.68. The van der Waals surface area contributed by atoms with Gasteiger partial charge in [-0.3, -0.25) is 9.59 Å². The number of alkyl halides is 3. The maximum atomic E-state index is 12.5. The Morgan fingerprint density at radius 3 is 2.55 bits per heavy atom. The summed E-state index contributed by atoms with van der Waals surface area (Å²) in [5.74, 6) is -1.91. The van der Waals surface area contributed by atoms with Crippen LogP contribution >= 0.6 is 11.3 Å². The minimum Gasteiger partial charge on any atom is -0.481 e. The Kier molecular flexibility index (Phi) is 4.71. The summed E-state index contributed by atoms with van der Waals surface area (Å²) in [6, 6.07) is 0. The molecular weight excluding hydrogens is 325 g/mol. The van der Waals surface area contributed by atoms with Crippen LogP contribution in [-0.4, -0.2) is 40.7 Å². The number of ether oxygens (including phenoxy) is 1. The second-order valence-electron chi connectivity index (χ2n) is 4.95. The molecule has 0 aliphatic carbocycles. The summed E-state index contributed by atoms with van der Waals surface area (Å²) in [4.78, 5) is 26.3. The number of carbonyl (C=O) groups excluding carboxylic acids is 1. The van der Waals surface area contributed by atoms with Gasteiger partial charge in [0.2, 0.25) is 0 Å². The Morgan fingerprint density at radius 2 is 2.05 bits per heavy atom. The number of aliphatic carboxylic acids is 1. The highest BCUT2D eigenvalue weighted by Crippen LogP contribution is 2.32. The number of hydrogen-bond donors (Lipinski definition) is 2. The smallest absolute Gasteiger partial charge is 0.443 e. The maximum Gasteiger partial charge on any atom is 0.443 e. The van der Waals surface area contributed by atoms with Gasteiger partial charge in [0, 0.05) is 18.6 Å². The predicted octanol–water partition coefficient (Wildman–Crippen LogP) is 1.92. The number of carboxylic acids is 1. The van der Waals surface area contributed by atoms with Crippen LogP contribution in [0.4, 0.5) is 13.2 Å². The number of amides is 1. The van der Waals surface area contributed by atoms with E-state index in [4.69, 9.17) is 9.84 Å². The lowest BCUT2D eigenvalue weighted by Gasteiger charge is -2.36. The van der Waals surface area contributed by atoms with E-state index in [1.165, 1.54) is 0 Å². The van der Waals surface area contributed by atoms with Crippen molar-refractivity contribution in [3.8, 4) is 0 Å². The highest BCUT2D eigenvalue weighted by atomic mass is 32.1. The zero-order valence-electron chi connectivity index (χ0n) is 11.3. The molecule has 1 aliphatic heterocycles. The van der Waals surface area contributed by atoms with E-state index in [0.717, 1.165) is 5.38 Å². The van der Waals surface area contributed by atoms with Crippen LogP contribution in [0.2, 0.25) is 0 Å². The predicted molar refractivity (Wildman–Crippen MR) is 69.6 cm³/mol. The van der Waals surface area contributed by atoms with Gasteiger partial charge < -0.3 is 15.2 Å². The lowest BCUT2D eigenvalue weighted by Crippen LogP contribution is -2.53. The topological polar surface area (TPSA) is 88.5 Å². The molecule has 1 aliphatic rings. The zero-order valence-corrected chi connectivity index (χ0v) is 12.1. The average Bonchev–Trinajstić information content (AvgIpc) is 2.88. The van der Waals surface area contributed by atoms with Crippen molar-refractivity contribution < 1.29 is 32.6 Å². The van der Waals surface area contributed by atoms with Crippen molar-refractivity contribution in [2.45, 2.75) is 31.0 Å². The number of nitrogens with one attached hydrogen (secondary N) is 1. The van der Waals surface area contributed by atoms with E-state index >= 15 is 0 Å². The molecule has 0 radical (unpaired) electrons. The molecule has 0 aromatic carbocycles. The minimum absolute atomic E-state index is 0.276. The fourth-order valence-electron chi connectivity index (χ4n) is 2.21. The number of nitrogens with zero attached hydrogens (tertiary/aromatic N) is 1. The second kappa shape index (κ2) is 6.21. The van der Waals surface area contributed by atoms with Crippen LogP contribution in [0.25, 0.3) is 0 Å². The summed E-state index contributed by atoms with van der Waals surface area (Å²) in [5.41, 5.74) is -1.39. The van der Waals surface area contributed by atoms with Crippen LogP contribution < -0.4 is 5.32 Å². The van der Waals surface area contributed by atoms with Gasteiger partial charge in [-0.25, -0.2) is 4.98 Å². The van der Waals surface area contributed by atoms with Gasteiger partial charge in [-0.1, -0.05) is 0 Å². The SMILES string of the molecule is O=C(O)CC1(NC(=O)c2csc(C(F)(F)F)n2)CCOCC1. The molecule has 2 heterocycles. The largest absolute Gasteiger partial charge is 0.481 e. The van der Waals surface area contributed by atoms with E-state index in [0.29, 0.717) is 11.3 Å². The second-order valence-corrected chi connectivity index (χ2v) is 5.81. The maximum absolute atomic E-state index is 12.5. The molecule has 0 bridgehead atoms. The van der Waals surface area contributed by atoms with Gasteiger partial charge in [0.05, 0.1) is 12.0 Å². The molecule has 1 fully saturated rings. The third-order valence-electron chi connectivity index (χ3n) is 3.30. The first kappa shape index (κ1) is 16.7. The van der Waals surface area contributed by atoms with Crippen molar-refractivity contribution in [2.75, 3.05) is 13.2 Å². The van der Waals surface area contributed by atoms with Gasteiger partial charge in [-0.15, -0.1) is 11.3 Å². The van der Waals surface area contributed by atoms with Crippen LogP contribution in [0.3, 0.4) is 0 Å². The van der Waals surface area contributed by atoms with Crippen LogP contribution in [-0.2, 0) is 15.7 Å². The lowest BCUT2D eigenvalue weighted by atomic mass is 9.86. The summed E-state index contributed by atoms with van der Waals surface area (Å²) in [7, 11) is 0. The number of aromatic nitrogens is 1. The van der Waals surface area contributed by atoms with E-state index < -0.39 is 28.6 Å². The zero-order chi connectivity index (χ0) is 16.4. The number of rotatable bonds is 4. The average molecular weight is 338 g/mol. The lowest BCUT2D eigenvalue weighted by molar-refractivity contribution is -0.139. The van der Waals surface area contributed by atoms with Gasteiger partial charge in [0.1, 0.15) is 5.69 Å². The first-order valence-electron chi connectivity index (χ1n) is 6.37. The summed E-state index contributed by atoms with van der Waals surface area (Å²) in [6.45, 7) is 0.552.